The number of amidine groups is 1. The lowest BCUT2D eigenvalue weighted by molar-refractivity contribution is 0.103. The number of carbonyl (C=O) groups excluding carboxylic acids is 1. The number of benzene rings is 1. The number of nitrogens with zero attached hydrogens (tertiary/aromatic N) is 1. The molecular formula is C18H20FN3OS2. The van der Waals surface area contributed by atoms with Crippen LogP contribution in [0.4, 0.5) is 10.1 Å². The van der Waals surface area contributed by atoms with Crippen LogP contribution in [0.1, 0.15) is 39.9 Å². The van der Waals surface area contributed by atoms with Gasteiger partial charge in [-0.25, -0.2) is 4.39 Å². The van der Waals surface area contributed by atoms with Crippen LogP contribution in [0.5, 0.6) is 0 Å². The molecule has 4 nitrogen and oxygen atoms in total. The van der Waals surface area contributed by atoms with Crippen molar-refractivity contribution in [2.75, 3.05) is 11.1 Å². The van der Waals surface area contributed by atoms with Gasteiger partial charge in [-0.1, -0.05) is 18.7 Å². The highest BCUT2D eigenvalue weighted by Crippen LogP contribution is 2.40. The van der Waals surface area contributed by atoms with Gasteiger partial charge in [-0.05, 0) is 50.1 Å². The third kappa shape index (κ3) is 3.72. The number of hydrogen-bond donors (Lipinski definition) is 2. The number of nitrogens with two attached hydrogens (primary N) is 1. The quantitative estimate of drug-likeness (QED) is 0.824. The number of thiophene rings is 1. The summed E-state index contributed by atoms with van der Waals surface area (Å²) in [6.07, 6.45) is 1.36. The Morgan fingerprint density at radius 2 is 2.20 bits per heavy atom. The highest BCUT2D eigenvalue weighted by Gasteiger charge is 2.35. The first-order chi connectivity index (χ1) is 11.9. The smallest absolute Gasteiger partial charge is 0.265 e. The van der Waals surface area contributed by atoms with Gasteiger partial charge in [-0.3, -0.25) is 9.79 Å². The van der Waals surface area contributed by atoms with Crippen LogP contribution in [0.25, 0.3) is 0 Å². The Balaban J connectivity index is 1.93. The SMILES string of the molecule is CC[C@@]1(c2cc(NC(=O)c3ccc(C)s3)ccc2F)CCSC(N)=N1. The number of anilines is 1. The minimum Gasteiger partial charge on any atom is -0.379 e. The summed E-state index contributed by atoms with van der Waals surface area (Å²) in [5.41, 5.74) is 6.27. The predicted molar refractivity (Wildman–Crippen MR) is 104 cm³/mol. The van der Waals surface area contributed by atoms with Gasteiger partial charge >= 0.3 is 0 Å². The molecule has 0 aliphatic carbocycles. The molecule has 0 saturated heterocycles. The van der Waals surface area contributed by atoms with Crippen molar-refractivity contribution in [2.24, 2.45) is 10.7 Å². The van der Waals surface area contributed by atoms with E-state index in [0.717, 1.165) is 10.6 Å². The Kier molecular flexibility index (Phi) is 5.15. The van der Waals surface area contributed by atoms with E-state index in [1.165, 1.54) is 29.2 Å². The fraction of sp³-hybridized carbons (Fsp3) is 0.333. The lowest BCUT2D eigenvalue weighted by Crippen LogP contribution is -2.32. The van der Waals surface area contributed by atoms with Crippen LogP contribution in [0.2, 0.25) is 0 Å². The summed E-state index contributed by atoms with van der Waals surface area (Å²) in [6, 6.07) is 8.33. The molecule has 1 aromatic heterocycles. The Labute approximate surface area is 154 Å². The second kappa shape index (κ2) is 7.17. The van der Waals surface area contributed by atoms with Gasteiger partial charge in [0, 0.05) is 21.9 Å². The monoisotopic (exact) mass is 377 g/mol. The van der Waals surface area contributed by atoms with Gasteiger partial charge < -0.3 is 11.1 Å². The molecule has 0 unspecified atom stereocenters. The number of amides is 1. The van der Waals surface area contributed by atoms with E-state index in [2.05, 4.69) is 10.3 Å². The van der Waals surface area contributed by atoms with Crippen molar-refractivity contribution in [3.8, 4) is 0 Å². The summed E-state index contributed by atoms with van der Waals surface area (Å²) in [7, 11) is 0. The van der Waals surface area contributed by atoms with Crippen LogP contribution in [-0.2, 0) is 5.54 Å². The summed E-state index contributed by atoms with van der Waals surface area (Å²) in [4.78, 5) is 18.6. The number of aliphatic imine (C=N–C) groups is 1. The molecular weight excluding hydrogens is 357 g/mol. The Bertz CT molecular complexity index is 833. The van der Waals surface area contributed by atoms with E-state index in [0.29, 0.717) is 34.1 Å². The maximum absolute atomic E-state index is 14.5. The molecule has 3 rings (SSSR count). The molecule has 1 aromatic carbocycles. The first-order valence-electron chi connectivity index (χ1n) is 8.09. The van der Waals surface area contributed by atoms with Gasteiger partial charge in [0.1, 0.15) is 5.82 Å². The maximum atomic E-state index is 14.5. The molecule has 1 atom stereocenters. The zero-order valence-electron chi connectivity index (χ0n) is 14.1. The van der Waals surface area contributed by atoms with E-state index in [1.54, 1.807) is 18.2 Å². The topological polar surface area (TPSA) is 67.5 Å². The van der Waals surface area contributed by atoms with Gasteiger partial charge in [0.25, 0.3) is 5.91 Å². The van der Waals surface area contributed by atoms with Crippen molar-refractivity contribution < 1.29 is 9.18 Å². The summed E-state index contributed by atoms with van der Waals surface area (Å²) < 4.78 is 14.5. The highest BCUT2D eigenvalue weighted by atomic mass is 32.2. The van der Waals surface area contributed by atoms with Gasteiger partial charge in [-0.15, -0.1) is 11.3 Å². The number of aryl methyl sites for hydroxylation is 1. The molecule has 7 heteroatoms. The average Bonchev–Trinajstić information content (AvgIpc) is 3.03. The molecule has 0 bridgehead atoms. The Morgan fingerprint density at radius 3 is 2.84 bits per heavy atom. The lowest BCUT2D eigenvalue weighted by Gasteiger charge is -2.33. The van der Waals surface area contributed by atoms with E-state index in [1.807, 2.05) is 19.9 Å². The number of thioether (sulfide) groups is 1. The third-order valence-corrected chi connectivity index (χ3v) is 6.16. The summed E-state index contributed by atoms with van der Waals surface area (Å²) in [6.45, 7) is 3.93. The third-order valence-electron chi connectivity index (χ3n) is 4.36. The molecule has 0 fully saturated rings. The van der Waals surface area contributed by atoms with Crippen molar-refractivity contribution in [2.45, 2.75) is 32.2 Å². The van der Waals surface area contributed by atoms with E-state index in [4.69, 9.17) is 5.73 Å². The van der Waals surface area contributed by atoms with Crippen LogP contribution in [0, 0.1) is 12.7 Å². The van der Waals surface area contributed by atoms with E-state index < -0.39 is 5.54 Å². The number of rotatable bonds is 4. The maximum Gasteiger partial charge on any atom is 0.265 e. The van der Waals surface area contributed by atoms with Crippen molar-refractivity contribution in [3.63, 3.8) is 0 Å². The number of hydrogen-bond acceptors (Lipinski definition) is 5. The zero-order valence-corrected chi connectivity index (χ0v) is 15.8. The first-order valence-corrected chi connectivity index (χ1v) is 9.90. The molecule has 0 saturated carbocycles. The van der Waals surface area contributed by atoms with Crippen LogP contribution in [-0.4, -0.2) is 16.8 Å². The normalized spacial score (nSPS) is 20.2. The van der Waals surface area contributed by atoms with Crippen LogP contribution in [0.15, 0.2) is 35.3 Å². The molecule has 0 spiro atoms. The molecule has 2 heterocycles. The van der Waals surface area contributed by atoms with Gasteiger partial charge in [0.15, 0.2) is 5.17 Å². The molecule has 25 heavy (non-hydrogen) atoms. The summed E-state index contributed by atoms with van der Waals surface area (Å²) in [5, 5.41) is 3.33. The Morgan fingerprint density at radius 1 is 1.40 bits per heavy atom. The molecule has 1 aliphatic heterocycles. The Hall–Kier alpha value is -1.86. The number of halogens is 1. The van der Waals surface area contributed by atoms with Crippen LogP contribution in [0.3, 0.4) is 0 Å². The number of nitrogens with one attached hydrogen (secondary N) is 1. The summed E-state index contributed by atoms with van der Waals surface area (Å²) >= 11 is 2.91. The molecule has 132 valence electrons. The van der Waals surface area contributed by atoms with Gasteiger partial charge in [0.05, 0.1) is 10.4 Å². The second-order valence-corrected chi connectivity index (χ2v) is 8.40. The number of carbonyl (C=O) groups is 1. The zero-order chi connectivity index (χ0) is 18.0. The van der Waals surface area contributed by atoms with Crippen molar-refractivity contribution in [1.82, 2.24) is 0 Å². The fourth-order valence-electron chi connectivity index (χ4n) is 2.97. The highest BCUT2D eigenvalue weighted by molar-refractivity contribution is 8.13. The molecule has 1 aliphatic rings. The summed E-state index contributed by atoms with van der Waals surface area (Å²) in [5.74, 6) is 0.284. The van der Waals surface area contributed by atoms with E-state index in [-0.39, 0.29) is 11.7 Å². The standard InChI is InChI=1S/C18H20FN3OS2/c1-3-18(8-9-24-17(20)22-18)13-10-12(5-6-14(13)19)21-16(23)15-7-4-11(2)25-15/h4-7,10H,3,8-9H2,1-2H3,(H2,20,22)(H,21,23)/t18-/m0/s1. The minimum absolute atomic E-state index is 0.191. The molecule has 1 amide bonds. The molecule has 0 radical (unpaired) electrons. The average molecular weight is 378 g/mol. The largest absolute Gasteiger partial charge is 0.379 e. The molecule has 2 aromatic rings. The van der Waals surface area contributed by atoms with Crippen molar-refractivity contribution >= 4 is 39.9 Å². The molecule has 3 N–H and O–H groups in total. The van der Waals surface area contributed by atoms with Gasteiger partial charge in [0.2, 0.25) is 0 Å². The second-order valence-electron chi connectivity index (χ2n) is 5.99. The predicted octanol–water partition coefficient (Wildman–Crippen LogP) is 4.50. The van der Waals surface area contributed by atoms with Gasteiger partial charge in [-0.2, -0.15) is 0 Å². The minimum atomic E-state index is -0.667. The van der Waals surface area contributed by atoms with Crippen molar-refractivity contribution in [1.29, 1.82) is 0 Å². The van der Waals surface area contributed by atoms with Crippen molar-refractivity contribution in [3.05, 3.63) is 51.5 Å². The lowest BCUT2D eigenvalue weighted by atomic mass is 9.84. The van der Waals surface area contributed by atoms with Crippen LogP contribution < -0.4 is 11.1 Å². The van der Waals surface area contributed by atoms with Crippen LogP contribution >= 0.6 is 23.1 Å². The van der Waals surface area contributed by atoms with E-state index in [9.17, 15) is 9.18 Å². The fourth-order valence-corrected chi connectivity index (χ4v) is 4.62. The first kappa shape index (κ1) is 17.9. The van der Waals surface area contributed by atoms with E-state index >= 15 is 0 Å².